The van der Waals surface area contributed by atoms with Gasteiger partial charge in [-0.3, -0.25) is 4.79 Å². The fourth-order valence-electron chi connectivity index (χ4n) is 1.76. The van der Waals surface area contributed by atoms with Crippen molar-refractivity contribution in [3.05, 3.63) is 53.1 Å². The Labute approximate surface area is 128 Å². The maximum absolute atomic E-state index is 12.1. The number of nitrogen functional groups attached to an aromatic ring is 1. The maximum Gasteiger partial charge on any atom is 0.265 e. The molecule has 0 spiro atoms. The molecular weight excluding hydrogens is 288 g/mol. The molecule has 0 aliphatic heterocycles. The Morgan fingerprint density at radius 3 is 2.71 bits per heavy atom. The van der Waals surface area contributed by atoms with Gasteiger partial charge in [0.05, 0.1) is 0 Å². The summed E-state index contributed by atoms with van der Waals surface area (Å²) in [5.74, 6) is 0.298. The minimum absolute atomic E-state index is 0.252. The molecule has 1 unspecified atom stereocenters. The Kier molecular flexibility index (Phi) is 4.70. The largest absolute Gasteiger partial charge is 0.481 e. The van der Waals surface area contributed by atoms with E-state index in [4.69, 9.17) is 22.1 Å². The molecule has 3 N–H and O–H groups in total. The van der Waals surface area contributed by atoms with Crippen LogP contribution in [0.25, 0.3) is 0 Å². The van der Waals surface area contributed by atoms with Gasteiger partial charge in [-0.15, -0.1) is 0 Å². The SMILES string of the molecule is Cc1ccc(NC(=O)C(C)Oc2cccc(Cl)c2)cc1N. The van der Waals surface area contributed by atoms with Crippen LogP contribution in [0.2, 0.25) is 5.02 Å². The molecule has 0 radical (unpaired) electrons. The molecule has 5 heteroatoms. The summed E-state index contributed by atoms with van der Waals surface area (Å²) in [6.45, 7) is 3.58. The number of ether oxygens (including phenoxy) is 1. The van der Waals surface area contributed by atoms with Crippen LogP contribution in [-0.4, -0.2) is 12.0 Å². The molecule has 2 aromatic carbocycles. The molecule has 0 aromatic heterocycles. The number of nitrogens with one attached hydrogen (secondary N) is 1. The first-order valence-electron chi connectivity index (χ1n) is 6.55. The Morgan fingerprint density at radius 1 is 1.29 bits per heavy atom. The van der Waals surface area contributed by atoms with E-state index in [1.807, 2.05) is 13.0 Å². The number of hydrogen-bond donors (Lipinski definition) is 2. The summed E-state index contributed by atoms with van der Waals surface area (Å²) in [5.41, 5.74) is 8.06. The van der Waals surface area contributed by atoms with Gasteiger partial charge < -0.3 is 15.8 Å². The topological polar surface area (TPSA) is 64.3 Å². The highest BCUT2D eigenvalue weighted by Crippen LogP contribution is 2.20. The van der Waals surface area contributed by atoms with Crippen LogP contribution < -0.4 is 15.8 Å². The number of carbonyl (C=O) groups excluding carboxylic acids is 1. The van der Waals surface area contributed by atoms with Crippen LogP contribution in [0, 0.1) is 6.92 Å². The van der Waals surface area contributed by atoms with Gasteiger partial charge in [0.15, 0.2) is 6.10 Å². The van der Waals surface area contributed by atoms with Crippen molar-refractivity contribution in [1.82, 2.24) is 0 Å². The van der Waals surface area contributed by atoms with Gasteiger partial charge in [-0.25, -0.2) is 0 Å². The number of carbonyl (C=O) groups is 1. The van der Waals surface area contributed by atoms with Gasteiger partial charge in [-0.1, -0.05) is 23.7 Å². The number of benzene rings is 2. The molecule has 1 atom stereocenters. The molecule has 4 nitrogen and oxygen atoms in total. The van der Waals surface area contributed by atoms with E-state index in [0.717, 1.165) is 5.56 Å². The highest BCUT2D eigenvalue weighted by atomic mass is 35.5. The van der Waals surface area contributed by atoms with Gasteiger partial charge in [0, 0.05) is 16.4 Å². The van der Waals surface area contributed by atoms with Crippen molar-refractivity contribution in [3.63, 3.8) is 0 Å². The summed E-state index contributed by atoms with van der Waals surface area (Å²) < 4.78 is 5.56. The number of amides is 1. The molecule has 0 aliphatic carbocycles. The zero-order chi connectivity index (χ0) is 15.4. The van der Waals surface area contributed by atoms with Crippen LogP contribution in [0.15, 0.2) is 42.5 Å². The van der Waals surface area contributed by atoms with E-state index in [1.54, 1.807) is 43.3 Å². The molecule has 0 saturated carbocycles. The normalized spacial score (nSPS) is 11.8. The van der Waals surface area contributed by atoms with Crippen LogP contribution in [0.1, 0.15) is 12.5 Å². The van der Waals surface area contributed by atoms with Crippen molar-refractivity contribution in [3.8, 4) is 5.75 Å². The molecule has 0 fully saturated rings. The Bertz CT molecular complexity index is 658. The van der Waals surface area contributed by atoms with E-state index in [0.29, 0.717) is 22.1 Å². The molecule has 2 aromatic rings. The lowest BCUT2D eigenvalue weighted by Crippen LogP contribution is -2.30. The quantitative estimate of drug-likeness (QED) is 0.848. The predicted octanol–water partition coefficient (Wildman–Crippen LogP) is 3.64. The van der Waals surface area contributed by atoms with E-state index in [1.165, 1.54) is 0 Å². The first-order chi connectivity index (χ1) is 9.95. The van der Waals surface area contributed by atoms with Gasteiger partial charge in [0.2, 0.25) is 0 Å². The molecule has 110 valence electrons. The van der Waals surface area contributed by atoms with E-state index >= 15 is 0 Å². The minimum Gasteiger partial charge on any atom is -0.481 e. The lowest BCUT2D eigenvalue weighted by molar-refractivity contribution is -0.122. The number of nitrogens with two attached hydrogens (primary N) is 1. The van der Waals surface area contributed by atoms with Crippen molar-refractivity contribution in [1.29, 1.82) is 0 Å². The second kappa shape index (κ2) is 6.50. The molecule has 1 amide bonds. The number of hydrogen-bond acceptors (Lipinski definition) is 3. The molecule has 0 saturated heterocycles. The van der Waals surface area contributed by atoms with Crippen LogP contribution >= 0.6 is 11.6 Å². The number of aryl methyl sites for hydroxylation is 1. The van der Waals surface area contributed by atoms with E-state index in [9.17, 15) is 4.79 Å². The zero-order valence-electron chi connectivity index (χ0n) is 11.9. The summed E-state index contributed by atoms with van der Waals surface area (Å²) in [6, 6.07) is 12.3. The van der Waals surface area contributed by atoms with Gasteiger partial charge in [0.1, 0.15) is 5.75 Å². The highest BCUT2D eigenvalue weighted by molar-refractivity contribution is 6.30. The lowest BCUT2D eigenvalue weighted by Gasteiger charge is -2.15. The average molecular weight is 305 g/mol. The third kappa shape index (κ3) is 4.13. The fourth-order valence-corrected chi connectivity index (χ4v) is 1.94. The molecular formula is C16H17ClN2O2. The summed E-state index contributed by atoms with van der Waals surface area (Å²) in [5, 5.41) is 3.33. The van der Waals surface area contributed by atoms with Crippen LogP contribution in [0.4, 0.5) is 11.4 Å². The molecule has 0 heterocycles. The minimum atomic E-state index is -0.647. The van der Waals surface area contributed by atoms with E-state index in [-0.39, 0.29) is 5.91 Å². The molecule has 21 heavy (non-hydrogen) atoms. The predicted molar refractivity (Wildman–Crippen MR) is 85.8 cm³/mol. The van der Waals surface area contributed by atoms with Crippen LogP contribution in [0.3, 0.4) is 0 Å². The van der Waals surface area contributed by atoms with Gasteiger partial charge >= 0.3 is 0 Å². The molecule has 0 aliphatic rings. The first kappa shape index (κ1) is 15.2. The molecule has 0 bridgehead atoms. The summed E-state index contributed by atoms with van der Waals surface area (Å²) in [6.07, 6.45) is -0.647. The van der Waals surface area contributed by atoms with Crippen molar-refractivity contribution in [2.24, 2.45) is 0 Å². The molecule has 2 rings (SSSR count). The Morgan fingerprint density at radius 2 is 2.05 bits per heavy atom. The van der Waals surface area contributed by atoms with Crippen molar-refractivity contribution in [2.45, 2.75) is 20.0 Å². The van der Waals surface area contributed by atoms with Gasteiger partial charge in [0.25, 0.3) is 5.91 Å². The number of anilines is 2. The van der Waals surface area contributed by atoms with E-state index in [2.05, 4.69) is 5.32 Å². The summed E-state index contributed by atoms with van der Waals surface area (Å²) in [4.78, 5) is 12.1. The number of halogens is 1. The average Bonchev–Trinajstić information content (AvgIpc) is 2.43. The summed E-state index contributed by atoms with van der Waals surface area (Å²) >= 11 is 5.88. The maximum atomic E-state index is 12.1. The van der Waals surface area contributed by atoms with E-state index < -0.39 is 6.10 Å². The summed E-state index contributed by atoms with van der Waals surface area (Å²) in [7, 11) is 0. The second-order valence-electron chi connectivity index (χ2n) is 4.78. The third-order valence-electron chi connectivity index (χ3n) is 3.02. The highest BCUT2D eigenvalue weighted by Gasteiger charge is 2.15. The fraction of sp³-hybridized carbons (Fsp3) is 0.188. The number of rotatable bonds is 4. The van der Waals surface area contributed by atoms with Crippen LogP contribution in [-0.2, 0) is 4.79 Å². The van der Waals surface area contributed by atoms with Crippen molar-refractivity contribution < 1.29 is 9.53 Å². The van der Waals surface area contributed by atoms with Gasteiger partial charge in [-0.05, 0) is 49.7 Å². The second-order valence-corrected chi connectivity index (χ2v) is 5.21. The van der Waals surface area contributed by atoms with Crippen molar-refractivity contribution in [2.75, 3.05) is 11.1 Å². The lowest BCUT2D eigenvalue weighted by atomic mass is 10.2. The third-order valence-corrected chi connectivity index (χ3v) is 3.26. The standard InChI is InChI=1S/C16H17ClN2O2/c1-10-6-7-13(9-15(10)18)19-16(20)11(2)21-14-5-3-4-12(17)8-14/h3-9,11H,18H2,1-2H3,(H,19,20). The monoisotopic (exact) mass is 304 g/mol. The van der Waals surface area contributed by atoms with Crippen molar-refractivity contribution >= 4 is 28.9 Å². The smallest absolute Gasteiger partial charge is 0.265 e. The Hall–Kier alpha value is -2.20. The van der Waals surface area contributed by atoms with Crippen LogP contribution in [0.5, 0.6) is 5.75 Å². The first-order valence-corrected chi connectivity index (χ1v) is 6.92. The zero-order valence-corrected chi connectivity index (χ0v) is 12.6. The van der Waals surface area contributed by atoms with Gasteiger partial charge in [-0.2, -0.15) is 0 Å². The Balaban J connectivity index is 2.00.